The first-order chi connectivity index (χ1) is 12.4. The molecule has 0 atom stereocenters. The number of oxime groups is 1. The van der Waals surface area contributed by atoms with Crippen molar-refractivity contribution in [2.75, 3.05) is 13.2 Å². The van der Waals surface area contributed by atoms with E-state index in [0.29, 0.717) is 23.7 Å². The zero-order valence-corrected chi connectivity index (χ0v) is 13.5. The predicted molar refractivity (Wildman–Crippen MR) is 84.2 cm³/mol. The van der Waals surface area contributed by atoms with Gasteiger partial charge >= 0.3 is 12.1 Å². The Balaban J connectivity index is 1.51. The monoisotopic (exact) mass is 368 g/mol. The van der Waals surface area contributed by atoms with Crippen LogP contribution >= 0.6 is 0 Å². The van der Waals surface area contributed by atoms with Crippen LogP contribution in [0.3, 0.4) is 0 Å². The summed E-state index contributed by atoms with van der Waals surface area (Å²) in [6, 6.07) is 5.78. The van der Waals surface area contributed by atoms with E-state index < -0.39 is 12.1 Å². The molecule has 3 rings (SSSR count). The van der Waals surface area contributed by atoms with Crippen LogP contribution in [0, 0.1) is 5.92 Å². The summed E-state index contributed by atoms with van der Waals surface area (Å²) < 4.78 is 41.5. The molecule has 0 radical (unpaired) electrons. The molecule has 10 heteroatoms. The molecule has 1 fully saturated rings. The molecule has 1 aliphatic rings. The lowest BCUT2D eigenvalue weighted by Gasteiger charge is -2.03. The molecule has 1 aromatic heterocycles. The summed E-state index contributed by atoms with van der Waals surface area (Å²) in [7, 11) is 0. The van der Waals surface area contributed by atoms with Crippen LogP contribution in [-0.4, -0.2) is 35.4 Å². The van der Waals surface area contributed by atoms with Crippen LogP contribution < -0.4 is 5.32 Å². The average Bonchev–Trinajstić information content (AvgIpc) is 3.29. The molecule has 7 nitrogen and oxygen atoms in total. The Hall–Kier alpha value is -2.91. The third kappa shape index (κ3) is 4.80. The van der Waals surface area contributed by atoms with Crippen LogP contribution in [0.25, 0.3) is 11.4 Å². The van der Waals surface area contributed by atoms with Crippen molar-refractivity contribution in [3.63, 3.8) is 0 Å². The molecule has 1 heterocycles. The molecular formula is C16H15F3N4O3. The number of carbonyl (C=O) groups excluding carboxylic acids is 1. The molecule has 0 aliphatic heterocycles. The van der Waals surface area contributed by atoms with Gasteiger partial charge in [-0.3, -0.25) is 4.79 Å². The number of rotatable bonds is 7. The van der Waals surface area contributed by atoms with Crippen molar-refractivity contribution in [2.24, 2.45) is 11.1 Å². The number of alkyl halides is 3. The highest BCUT2D eigenvalue weighted by molar-refractivity contribution is 5.95. The number of amides is 1. The number of hydrogen-bond acceptors (Lipinski definition) is 6. The molecule has 0 saturated heterocycles. The lowest BCUT2D eigenvalue weighted by atomic mass is 10.1. The van der Waals surface area contributed by atoms with Gasteiger partial charge in [0.15, 0.2) is 0 Å². The highest BCUT2D eigenvalue weighted by Gasteiger charge is 2.38. The van der Waals surface area contributed by atoms with Crippen molar-refractivity contribution in [1.29, 1.82) is 0 Å². The fourth-order valence-corrected chi connectivity index (χ4v) is 1.99. The minimum Gasteiger partial charge on any atom is -0.396 e. The maximum absolute atomic E-state index is 12.5. The van der Waals surface area contributed by atoms with Crippen molar-refractivity contribution in [3.8, 4) is 11.4 Å². The number of aromatic nitrogens is 2. The number of nitrogens with one attached hydrogen (secondary N) is 1. The fourth-order valence-electron chi connectivity index (χ4n) is 1.99. The van der Waals surface area contributed by atoms with E-state index in [0.717, 1.165) is 0 Å². The van der Waals surface area contributed by atoms with Gasteiger partial charge in [-0.25, -0.2) is 0 Å². The van der Waals surface area contributed by atoms with Crippen molar-refractivity contribution in [3.05, 3.63) is 35.7 Å². The second-order valence-corrected chi connectivity index (χ2v) is 5.74. The maximum Gasteiger partial charge on any atom is 0.471 e. The Kier molecular flexibility index (Phi) is 5.19. The first-order valence-electron chi connectivity index (χ1n) is 7.87. The van der Waals surface area contributed by atoms with Crippen LogP contribution in [-0.2, 0) is 11.0 Å². The maximum atomic E-state index is 12.5. The van der Waals surface area contributed by atoms with Gasteiger partial charge in [-0.05, 0) is 30.9 Å². The van der Waals surface area contributed by atoms with Crippen LogP contribution in [0.15, 0.2) is 33.9 Å². The van der Waals surface area contributed by atoms with E-state index >= 15 is 0 Å². The van der Waals surface area contributed by atoms with Gasteiger partial charge in [0, 0.05) is 11.1 Å². The number of carbonyl (C=O) groups is 1. The number of hydrogen-bond donors (Lipinski definition) is 1. The average molecular weight is 368 g/mol. The van der Waals surface area contributed by atoms with Gasteiger partial charge in [-0.2, -0.15) is 18.2 Å². The fraction of sp³-hybridized carbons (Fsp3) is 0.375. The second kappa shape index (κ2) is 7.54. The van der Waals surface area contributed by atoms with Crippen LogP contribution in [0.1, 0.15) is 29.1 Å². The van der Waals surface area contributed by atoms with Gasteiger partial charge in [-0.15, -0.1) is 0 Å². The van der Waals surface area contributed by atoms with Crippen molar-refractivity contribution in [2.45, 2.75) is 19.0 Å². The quantitative estimate of drug-likeness (QED) is 0.600. The van der Waals surface area contributed by atoms with Gasteiger partial charge in [0.1, 0.15) is 6.61 Å². The van der Waals surface area contributed by atoms with Gasteiger partial charge in [0.25, 0.3) is 5.91 Å². The summed E-state index contributed by atoms with van der Waals surface area (Å²) in [5.41, 5.74) is 0.636. The second-order valence-electron chi connectivity index (χ2n) is 5.74. The minimum absolute atomic E-state index is 0.199. The summed E-state index contributed by atoms with van der Waals surface area (Å²) >= 11 is 0. The minimum atomic E-state index is -4.70. The largest absolute Gasteiger partial charge is 0.471 e. The van der Waals surface area contributed by atoms with E-state index in [1.807, 2.05) is 0 Å². The first-order valence-corrected chi connectivity index (χ1v) is 7.87. The highest BCUT2D eigenvalue weighted by atomic mass is 19.4. The van der Waals surface area contributed by atoms with Crippen LogP contribution in [0.2, 0.25) is 0 Å². The molecular weight excluding hydrogens is 353 g/mol. The van der Waals surface area contributed by atoms with Crippen molar-refractivity contribution < 1.29 is 27.3 Å². The molecule has 1 N–H and O–H groups in total. The summed E-state index contributed by atoms with van der Waals surface area (Å²) in [5.74, 6) is -1.37. The highest BCUT2D eigenvalue weighted by Crippen LogP contribution is 2.29. The van der Waals surface area contributed by atoms with Gasteiger partial charge in [-0.1, -0.05) is 22.4 Å². The Morgan fingerprint density at radius 1 is 1.35 bits per heavy atom. The first kappa shape index (κ1) is 17.9. The summed E-state index contributed by atoms with van der Waals surface area (Å²) in [6.07, 6.45) is -0.908. The molecule has 0 unspecified atom stereocenters. The van der Waals surface area contributed by atoms with Crippen LogP contribution in [0.5, 0.6) is 0 Å². The summed E-state index contributed by atoms with van der Waals surface area (Å²) in [6.45, 7) is 0.795. The van der Waals surface area contributed by atoms with E-state index in [9.17, 15) is 18.0 Å². The summed E-state index contributed by atoms with van der Waals surface area (Å²) in [4.78, 5) is 20.3. The molecule has 1 aliphatic carbocycles. The molecule has 138 valence electrons. The molecule has 0 spiro atoms. The molecule has 1 amide bonds. The molecule has 1 saturated carbocycles. The van der Waals surface area contributed by atoms with E-state index in [1.54, 1.807) is 0 Å². The lowest BCUT2D eigenvalue weighted by Crippen LogP contribution is -2.25. The number of benzene rings is 1. The Bertz CT molecular complexity index is 783. The van der Waals surface area contributed by atoms with Gasteiger partial charge < -0.3 is 14.7 Å². The molecule has 1 aromatic carbocycles. The number of halogens is 3. The molecule has 26 heavy (non-hydrogen) atoms. The smallest absolute Gasteiger partial charge is 0.396 e. The third-order valence-electron chi connectivity index (χ3n) is 3.58. The van der Waals surface area contributed by atoms with E-state index in [2.05, 4.69) is 25.1 Å². The third-order valence-corrected chi connectivity index (χ3v) is 3.58. The van der Waals surface area contributed by atoms with Crippen molar-refractivity contribution >= 4 is 12.1 Å². The van der Waals surface area contributed by atoms with E-state index in [1.165, 1.54) is 43.3 Å². The molecule has 2 aromatic rings. The van der Waals surface area contributed by atoms with Gasteiger partial charge in [0.2, 0.25) is 5.82 Å². The zero-order chi connectivity index (χ0) is 18.6. The topological polar surface area (TPSA) is 89.6 Å². The summed E-state index contributed by atoms with van der Waals surface area (Å²) in [5, 5.41) is 9.64. The Morgan fingerprint density at radius 2 is 2.08 bits per heavy atom. The Morgan fingerprint density at radius 3 is 2.69 bits per heavy atom. The normalized spacial score (nSPS) is 14.6. The lowest BCUT2D eigenvalue weighted by molar-refractivity contribution is -0.159. The van der Waals surface area contributed by atoms with E-state index in [-0.39, 0.29) is 18.3 Å². The Labute approximate surface area is 146 Å². The predicted octanol–water partition coefficient (Wildman–Crippen LogP) is 2.90. The zero-order valence-electron chi connectivity index (χ0n) is 13.5. The van der Waals surface area contributed by atoms with Crippen LogP contribution in [0.4, 0.5) is 13.2 Å². The molecule has 0 bridgehead atoms. The van der Waals surface area contributed by atoms with Crippen molar-refractivity contribution in [1.82, 2.24) is 15.5 Å². The SMILES string of the molecule is O=C(NCC=NOCC1CC1)c1ccc(-c2noc(C(F)(F)F)n2)cc1. The standard InChI is InChI=1S/C16H15F3N4O3/c17-16(18,19)15-22-13(23-26-15)11-3-5-12(6-4-11)14(24)20-7-8-21-25-9-10-1-2-10/h3-6,8,10H,1-2,7,9H2,(H,20,24). The van der Waals surface area contributed by atoms with E-state index in [4.69, 9.17) is 4.84 Å². The number of nitrogens with zero attached hydrogens (tertiary/aromatic N) is 3. The van der Waals surface area contributed by atoms with Gasteiger partial charge in [0.05, 0.1) is 12.8 Å².